The molecule has 0 fully saturated rings. The number of rotatable bonds is 8. The summed E-state index contributed by atoms with van der Waals surface area (Å²) in [5.74, 6) is -0.153. The molecular weight excluding hydrogens is 338 g/mol. The lowest BCUT2D eigenvalue weighted by Crippen LogP contribution is -2.47. The number of fused-ring (bicyclic) bond motifs is 1. The lowest BCUT2D eigenvalue weighted by atomic mass is 10.1. The topological polar surface area (TPSA) is 75.5 Å². The number of carbonyl (C=O) groups excluding carboxylic acids is 1. The number of thiocarbonyl (C=S) groups is 1. The van der Waals surface area contributed by atoms with Crippen LogP contribution in [-0.2, 0) is 11.3 Å². The van der Waals surface area contributed by atoms with Crippen molar-refractivity contribution in [2.75, 3.05) is 13.2 Å². The lowest BCUT2D eigenvalue weighted by Gasteiger charge is -2.11. The summed E-state index contributed by atoms with van der Waals surface area (Å²) in [6.45, 7) is 5.70. The van der Waals surface area contributed by atoms with Gasteiger partial charge in [0.25, 0.3) is 0 Å². The molecule has 2 aromatic rings. The van der Waals surface area contributed by atoms with E-state index in [0.29, 0.717) is 23.9 Å². The van der Waals surface area contributed by atoms with E-state index in [2.05, 4.69) is 23.1 Å². The molecule has 0 aliphatic carbocycles. The lowest BCUT2D eigenvalue weighted by molar-refractivity contribution is 0.0905. The predicted molar refractivity (Wildman–Crippen MR) is 102 cm³/mol. The van der Waals surface area contributed by atoms with Crippen LogP contribution in [0.3, 0.4) is 0 Å². The van der Waals surface area contributed by atoms with E-state index in [1.807, 2.05) is 31.2 Å². The van der Waals surface area contributed by atoms with E-state index in [-0.39, 0.29) is 11.7 Å². The number of amides is 1. The normalized spacial score (nSPS) is 10.6. The summed E-state index contributed by atoms with van der Waals surface area (Å²) >= 11 is 5.15. The highest BCUT2D eigenvalue weighted by Crippen LogP contribution is 2.26. The molecular formula is C18H25N3O3S. The molecule has 0 radical (unpaired) electrons. The number of hydrazine groups is 1. The molecule has 0 saturated carbocycles. The molecule has 0 unspecified atom stereocenters. The maximum Gasteiger partial charge on any atom is 0.305 e. The fourth-order valence-electron chi connectivity index (χ4n) is 2.42. The smallest absolute Gasteiger partial charge is 0.305 e. The number of furan rings is 1. The van der Waals surface area contributed by atoms with E-state index in [9.17, 15) is 4.79 Å². The van der Waals surface area contributed by atoms with Gasteiger partial charge in [-0.05, 0) is 31.6 Å². The molecule has 1 aromatic carbocycles. The molecule has 0 atom stereocenters. The molecule has 7 heteroatoms. The number of unbranched alkanes of at least 4 members (excludes halogenated alkanes) is 2. The molecule has 3 N–H and O–H groups in total. The maximum absolute atomic E-state index is 12.5. The first-order valence-electron chi connectivity index (χ1n) is 8.59. The molecule has 1 amide bonds. The Morgan fingerprint density at radius 2 is 2.00 bits per heavy atom. The maximum atomic E-state index is 12.5. The summed E-state index contributed by atoms with van der Waals surface area (Å²) in [6, 6.07) is 7.51. The second-order valence-electron chi connectivity index (χ2n) is 5.59. The predicted octanol–water partition coefficient (Wildman–Crippen LogP) is 3.27. The molecule has 6 nitrogen and oxygen atoms in total. The van der Waals surface area contributed by atoms with Crippen LogP contribution >= 0.6 is 12.2 Å². The number of hydrogen-bond acceptors (Lipinski definition) is 4. The van der Waals surface area contributed by atoms with E-state index in [0.717, 1.165) is 36.8 Å². The van der Waals surface area contributed by atoms with Gasteiger partial charge in [0, 0.05) is 24.1 Å². The van der Waals surface area contributed by atoms with E-state index in [1.54, 1.807) is 0 Å². The van der Waals surface area contributed by atoms with Crippen molar-refractivity contribution < 1.29 is 13.9 Å². The van der Waals surface area contributed by atoms with Gasteiger partial charge in [-0.1, -0.05) is 38.0 Å². The fraction of sp³-hybridized carbons (Fsp3) is 0.444. The minimum atomic E-state index is -0.386. The Balaban J connectivity index is 1.99. The molecule has 0 aliphatic heterocycles. The van der Waals surface area contributed by atoms with Crippen molar-refractivity contribution in [1.29, 1.82) is 0 Å². The standard InChI is InChI=1S/C18H25N3O3S/c1-3-5-8-11-19-18(25)21-20-17(22)16-14(12-23-4-2)13-9-6-7-10-15(13)24-16/h6-7,9-10H,3-5,8,11-12H2,1-2H3,(H,20,22)(H2,19,21,25). The quantitative estimate of drug-likeness (QED) is 0.380. The van der Waals surface area contributed by atoms with Crippen molar-refractivity contribution in [3.05, 3.63) is 35.6 Å². The first-order valence-corrected chi connectivity index (χ1v) is 9.00. The number of nitrogens with one attached hydrogen (secondary N) is 3. The van der Waals surface area contributed by atoms with Crippen LogP contribution in [0.25, 0.3) is 11.0 Å². The zero-order chi connectivity index (χ0) is 18.1. The second-order valence-corrected chi connectivity index (χ2v) is 5.99. The molecule has 0 saturated heterocycles. The SMILES string of the molecule is CCCCCNC(=S)NNC(=O)c1oc2ccccc2c1COCC. The van der Waals surface area contributed by atoms with Gasteiger partial charge in [-0.2, -0.15) is 0 Å². The first-order chi connectivity index (χ1) is 12.2. The summed E-state index contributed by atoms with van der Waals surface area (Å²) in [6.07, 6.45) is 3.32. The molecule has 0 spiro atoms. The van der Waals surface area contributed by atoms with Crippen molar-refractivity contribution >= 4 is 34.2 Å². The third-order valence-corrected chi connectivity index (χ3v) is 3.96. The first kappa shape index (κ1) is 19.2. The Kier molecular flexibility index (Phi) is 7.69. The van der Waals surface area contributed by atoms with Crippen LogP contribution < -0.4 is 16.2 Å². The van der Waals surface area contributed by atoms with Crippen LogP contribution in [0.15, 0.2) is 28.7 Å². The van der Waals surface area contributed by atoms with Gasteiger partial charge in [-0.3, -0.25) is 15.6 Å². The van der Waals surface area contributed by atoms with E-state index in [1.165, 1.54) is 0 Å². The minimum absolute atomic E-state index is 0.232. The van der Waals surface area contributed by atoms with Gasteiger partial charge >= 0.3 is 5.91 Å². The summed E-state index contributed by atoms with van der Waals surface area (Å²) < 4.78 is 11.2. The van der Waals surface area contributed by atoms with Gasteiger partial charge in [0.1, 0.15) is 5.58 Å². The van der Waals surface area contributed by atoms with Crippen molar-refractivity contribution in [3.63, 3.8) is 0 Å². The number of para-hydroxylation sites is 1. The number of carbonyl (C=O) groups is 1. The van der Waals surface area contributed by atoms with Crippen LogP contribution in [0.2, 0.25) is 0 Å². The summed E-state index contributed by atoms with van der Waals surface area (Å²) in [5, 5.41) is 4.31. The van der Waals surface area contributed by atoms with Crippen molar-refractivity contribution in [2.24, 2.45) is 0 Å². The van der Waals surface area contributed by atoms with E-state index in [4.69, 9.17) is 21.4 Å². The van der Waals surface area contributed by atoms with Crippen molar-refractivity contribution in [2.45, 2.75) is 39.7 Å². The average molecular weight is 363 g/mol. The molecule has 136 valence electrons. The highest BCUT2D eigenvalue weighted by Gasteiger charge is 2.20. The van der Waals surface area contributed by atoms with Gasteiger partial charge in [0.05, 0.1) is 6.61 Å². The highest BCUT2D eigenvalue weighted by atomic mass is 32.1. The number of hydrogen-bond donors (Lipinski definition) is 3. The summed E-state index contributed by atoms with van der Waals surface area (Å²) in [5.41, 5.74) is 6.67. The van der Waals surface area contributed by atoms with Gasteiger partial charge in [-0.25, -0.2) is 0 Å². The number of benzene rings is 1. The zero-order valence-corrected chi connectivity index (χ0v) is 15.5. The molecule has 0 aliphatic rings. The van der Waals surface area contributed by atoms with Gasteiger partial charge < -0.3 is 14.5 Å². The highest BCUT2D eigenvalue weighted by molar-refractivity contribution is 7.80. The van der Waals surface area contributed by atoms with Gasteiger partial charge in [0.2, 0.25) is 0 Å². The third-order valence-electron chi connectivity index (χ3n) is 3.71. The zero-order valence-electron chi connectivity index (χ0n) is 14.7. The molecule has 1 heterocycles. The second kappa shape index (κ2) is 10.0. The summed E-state index contributed by atoms with van der Waals surface area (Å²) in [4.78, 5) is 12.5. The summed E-state index contributed by atoms with van der Waals surface area (Å²) in [7, 11) is 0. The van der Waals surface area contributed by atoms with Crippen LogP contribution in [0, 0.1) is 0 Å². The fourth-order valence-corrected chi connectivity index (χ4v) is 2.57. The molecule has 2 rings (SSSR count). The van der Waals surface area contributed by atoms with Crippen molar-refractivity contribution in [3.8, 4) is 0 Å². The Morgan fingerprint density at radius 1 is 1.20 bits per heavy atom. The molecule has 1 aromatic heterocycles. The van der Waals surface area contributed by atoms with Crippen LogP contribution in [0.1, 0.15) is 49.2 Å². The Morgan fingerprint density at radius 3 is 2.76 bits per heavy atom. The van der Waals surface area contributed by atoms with Crippen molar-refractivity contribution in [1.82, 2.24) is 16.2 Å². The average Bonchev–Trinajstić information content (AvgIpc) is 3.00. The monoisotopic (exact) mass is 363 g/mol. The third kappa shape index (κ3) is 5.44. The minimum Gasteiger partial charge on any atom is -0.450 e. The van der Waals surface area contributed by atoms with E-state index < -0.39 is 0 Å². The van der Waals surface area contributed by atoms with Crippen LogP contribution in [0.4, 0.5) is 0 Å². The largest absolute Gasteiger partial charge is 0.450 e. The Labute approximate surface area is 153 Å². The van der Waals surface area contributed by atoms with Crippen LogP contribution in [0.5, 0.6) is 0 Å². The number of ether oxygens (including phenoxy) is 1. The Bertz CT molecular complexity index is 715. The van der Waals surface area contributed by atoms with E-state index >= 15 is 0 Å². The van der Waals surface area contributed by atoms with Gasteiger partial charge in [0.15, 0.2) is 10.9 Å². The molecule has 25 heavy (non-hydrogen) atoms. The van der Waals surface area contributed by atoms with Crippen LogP contribution in [-0.4, -0.2) is 24.2 Å². The Hall–Kier alpha value is -2.12. The molecule has 0 bridgehead atoms. The van der Waals surface area contributed by atoms with Gasteiger partial charge in [-0.15, -0.1) is 0 Å².